The van der Waals surface area contributed by atoms with Gasteiger partial charge in [0.25, 0.3) is 11.8 Å². The smallest absolute Gasteiger partial charge is 0.264 e. The van der Waals surface area contributed by atoms with Crippen molar-refractivity contribution in [2.24, 2.45) is 5.92 Å². The van der Waals surface area contributed by atoms with Gasteiger partial charge in [0.05, 0.1) is 0 Å². The third-order valence-electron chi connectivity index (χ3n) is 1.98. The molecule has 1 N–H and O–H groups in total. The molecule has 1 atom stereocenters. The van der Waals surface area contributed by atoms with E-state index in [1.165, 1.54) is 6.08 Å². The van der Waals surface area contributed by atoms with Crippen LogP contribution in [0.1, 0.15) is 19.8 Å². The van der Waals surface area contributed by atoms with Gasteiger partial charge in [-0.15, -0.1) is 0 Å². The summed E-state index contributed by atoms with van der Waals surface area (Å²) in [5.74, 6) is -3.02. The van der Waals surface area contributed by atoms with Gasteiger partial charge in [0.2, 0.25) is 0 Å². The van der Waals surface area contributed by atoms with Crippen LogP contribution < -0.4 is 0 Å². The normalized spacial score (nSPS) is 22.4. The van der Waals surface area contributed by atoms with E-state index in [1.54, 1.807) is 6.08 Å². The van der Waals surface area contributed by atoms with Gasteiger partial charge < -0.3 is 0 Å². The van der Waals surface area contributed by atoms with Crippen molar-refractivity contribution in [2.75, 3.05) is 0 Å². The molecule has 1 rings (SSSR count). The first-order valence-corrected chi connectivity index (χ1v) is 4.34. The fraction of sp³-hybridized carbons (Fsp3) is 0.444. The van der Waals surface area contributed by atoms with Crippen molar-refractivity contribution >= 4 is 17.6 Å². The molecule has 0 saturated carbocycles. The maximum Gasteiger partial charge on any atom is 0.264 e. The molecular formula is C9H11NO4. The first-order valence-electron chi connectivity index (χ1n) is 4.34. The van der Waals surface area contributed by atoms with Crippen molar-refractivity contribution in [1.82, 2.24) is 5.06 Å². The van der Waals surface area contributed by atoms with Crippen molar-refractivity contribution < 1.29 is 19.6 Å². The summed E-state index contributed by atoms with van der Waals surface area (Å²) in [7, 11) is 0. The molecule has 0 aromatic heterocycles. The van der Waals surface area contributed by atoms with E-state index in [1.807, 2.05) is 6.92 Å². The monoisotopic (exact) mass is 197 g/mol. The molecule has 1 aliphatic heterocycles. The average Bonchev–Trinajstić information content (AvgIpc) is 2.42. The van der Waals surface area contributed by atoms with E-state index in [0.717, 1.165) is 0 Å². The number of allylic oxidation sites excluding steroid dienone is 2. The van der Waals surface area contributed by atoms with Crippen LogP contribution in [-0.2, 0) is 14.4 Å². The van der Waals surface area contributed by atoms with E-state index >= 15 is 0 Å². The largest absolute Gasteiger partial charge is 0.294 e. The molecule has 1 fully saturated rings. The molecule has 1 saturated heterocycles. The zero-order valence-electron chi connectivity index (χ0n) is 7.77. The van der Waals surface area contributed by atoms with Crippen LogP contribution in [0.25, 0.3) is 0 Å². The Hall–Kier alpha value is -1.49. The van der Waals surface area contributed by atoms with Gasteiger partial charge in [0.15, 0.2) is 5.78 Å². The molecule has 5 nitrogen and oxygen atoms in total. The average molecular weight is 197 g/mol. The molecule has 5 heteroatoms. The minimum atomic E-state index is -1.03. The molecule has 0 spiro atoms. The van der Waals surface area contributed by atoms with Crippen LogP contribution >= 0.6 is 0 Å². The molecule has 1 heterocycles. The van der Waals surface area contributed by atoms with Crippen LogP contribution in [-0.4, -0.2) is 27.9 Å². The van der Waals surface area contributed by atoms with Gasteiger partial charge >= 0.3 is 0 Å². The Morgan fingerprint density at radius 1 is 1.64 bits per heavy atom. The summed E-state index contributed by atoms with van der Waals surface area (Å²) in [6.45, 7) is 1.85. The summed E-state index contributed by atoms with van der Waals surface area (Å²) in [6, 6.07) is 0. The van der Waals surface area contributed by atoms with Gasteiger partial charge in [0, 0.05) is 6.42 Å². The summed E-state index contributed by atoms with van der Waals surface area (Å²) >= 11 is 0. The quantitative estimate of drug-likeness (QED) is 0.305. The van der Waals surface area contributed by atoms with Gasteiger partial charge in [-0.1, -0.05) is 13.0 Å². The summed E-state index contributed by atoms with van der Waals surface area (Å²) in [6.07, 6.45) is 3.33. The van der Waals surface area contributed by atoms with Crippen molar-refractivity contribution in [3.63, 3.8) is 0 Å². The van der Waals surface area contributed by atoms with E-state index in [9.17, 15) is 14.4 Å². The fourth-order valence-electron chi connectivity index (χ4n) is 1.19. The van der Waals surface area contributed by atoms with E-state index in [-0.39, 0.29) is 11.5 Å². The SMILES string of the molecule is CCC=CC(=O)C1CC(=O)N(O)C1=O. The highest BCUT2D eigenvalue weighted by Gasteiger charge is 2.41. The number of carbonyl (C=O) groups is 3. The number of hydroxylamine groups is 2. The molecular weight excluding hydrogens is 186 g/mol. The third-order valence-corrected chi connectivity index (χ3v) is 1.98. The summed E-state index contributed by atoms with van der Waals surface area (Å²) in [5.41, 5.74) is 0. The predicted molar refractivity (Wildman–Crippen MR) is 46.2 cm³/mol. The van der Waals surface area contributed by atoms with Gasteiger partial charge in [-0.3, -0.25) is 19.6 Å². The summed E-state index contributed by atoms with van der Waals surface area (Å²) in [4.78, 5) is 33.3. The molecule has 1 aliphatic rings. The third kappa shape index (κ3) is 1.88. The van der Waals surface area contributed by atoms with Crippen LogP contribution in [0.15, 0.2) is 12.2 Å². The molecule has 1 unspecified atom stereocenters. The van der Waals surface area contributed by atoms with E-state index in [4.69, 9.17) is 5.21 Å². The van der Waals surface area contributed by atoms with E-state index in [2.05, 4.69) is 0 Å². The second kappa shape index (κ2) is 4.15. The number of hydrogen-bond donors (Lipinski definition) is 1. The maximum atomic E-state index is 11.3. The first-order chi connectivity index (χ1) is 6.57. The zero-order chi connectivity index (χ0) is 10.7. The fourth-order valence-corrected chi connectivity index (χ4v) is 1.19. The Labute approximate surface area is 81.0 Å². The van der Waals surface area contributed by atoms with Crippen LogP contribution in [0, 0.1) is 5.92 Å². The van der Waals surface area contributed by atoms with Gasteiger partial charge in [-0.05, 0) is 12.5 Å². The molecule has 0 radical (unpaired) electrons. The van der Waals surface area contributed by atoms with Gasteiger partial charge in [0.1, 0.15) is 5.92 Å². The summed E-state index contributed by atoms with van der Waals surface area (Å²) < 4.78 is 0. The minimum Gasteiger partial charge on any atom is -0.294 e. The lowest BCUT2D eigenvalue weighted by Gasteiger charge is -2.03. The topological polar surface area (TPSA) is 74.7 Å². The van der Waals surface area contributed by atoms with Crippen molar-refractivity contribution in [3.8, 4) is 0 Å². The number of amides is 2. The van der Waals surface area contributed by atoms with Crippen molar-refractivity contribution in [2.45, 2.75) is 19.8 Å². The van der Waals surface area contributed by atoms with Crippen molar-refractivity contribution in [1.29, 1.82) is 0 Å². The van der Waals surface area contributed by atoms with Gasteiger partial charge in [-0.25, -0.2) is 0 Å². The second-order valence-corrected chi connectivity index (χ2v) is 3.01. The van der Waals surface area contributed by atoms with Crippen molar-refractivity contribution in [3.05, 3.63) is 12.2 Å². The lowest BCUT2D eigenvalue weighted by molar-refractivity contribution is -0.172. The second-order valence-electron chi connectivity index (χ2n) is 3.01. The number of rotatable bonds is 3. The predicted octanol–water partition coefficient (Wildman–Crippen LogP) is 0.286. The van der Waals surface area contributed by atoms with E-state index < -0.39 is 23.5 Å². The lowest BCUT2D eigenvalue weighted by Crippen LogP contribution is -2.28. The molecule has 0 aromatic rings. The molecule has 2 amide bonds. The van der Waals surface area contributed by atoms with Crippen LogP contribution in [0.2, 0.25) is 0 Å². The highest BCUT2D eigenvalue weighted by molar-refractivity contribution is 6.16. The molecule has 14 heavy (non-hydrogen) atoms. The van der Waals surface area contributed by atoms with Crippen LogP contribution in [0.4, 0.5) is 0 Å². The molecule has 0 aromatic carbocycles. The molecule has 0 aliphatic carbocycles. The number of hydrogen-bond acceptors (Lipinski definition) is 4. The maximum absolute atomic E-state index is 11.3. The Kier molecular flexibility index (Phi) is 3.14. The Bertz CT molecular complexity index is 308. The van der Waals surface area contributed by atoms with Crippen LogP contribution in [0.5, 0.6) is 0 Å². The standard InChI is InChI=1S/C9H11NO4/c1-2-3-4-7(11)6-5-8(12)10(14)9(6)13/h3-4,6,14H,2,5H2,1H3. The number of ketones is 1. The molecule has 0 bridgehead atoms. The van der Waals surface area contributed by atoms with Gasteiger partial charge in [-0.2, -0.15) is 5.06 Å². The zero-order valence-corrected chi connectivity index (χ0v) is 7.77. The first kappa shape index (κ1) is 10.6. The number of carbonyl (C=O) groups excluding carboxylic acids is 3. The Morgan fingerprint density at radius 2 is 2.29 bits per heavy atom. The Balaban J connectivity index is 2.72. The highest BCUT2D eigenvalue weighted by atomic mass is 16.5. The summed E-state index contributed by atoms with van der Waals surface area (Å²) in [5, 5.41) is 8.89. The Morgan fingerprint density at radius 3 is 2.71 bits per heavy atom. The number of nitrogens with zero attached hydrogens (tertiary/aromatic N) is 1. The molecule has 76 valence electrons. The number of imide groups is 1. The minimum absolute atomic E-state index is 0.0162. The van der Waals surface area contributed by atoms with Crippen LogP contribution in [0.3, 0.4) is 0 Å². The highest BCUT2D eigenvalue weighted by Crippen LogP contribution is 2.18. The van der Waals surface area contributed by atoms with E-state index in [0.29, 0.717) is 6.42 Å². The lowest BCUT2D eigenvalue weighted by atomic mass is 10.0.